The fourth-order valence-corrected chi connectivity index (χ4v) is 3.28. The SMILES string of the molecule is CN(C)c1ccc([C@@H](CNC(=O)C(=O)NCC[NH+]2CCOCC2)[NH+](C)C)cc1. The molecule has 156 valence electrons. The van der Waals surface area contributed by atoms with Crippen LogP contribution in [0.4, 0.5) is 5.69 Å². The zero-order valence-electron chi connectivity index (χ0n) is 17.5. The molecule has 2 amide bonds. The average molecular weight is 394 g/mol. The molecule has 0 aliphatic carbocycles. The van der Waals surface area contributed by atoms with Gasteiger partial charge in [0.15, 0.2) is 0 Å². The highest BCUT2D eigenvalue weighted by atomic mass is 16.5. The molecule has 0 radical (unpaired) electrons. The van der Waals surface area contributed by atoms with Crippen LogP contribution in [0.1, 0.15) is 11.6 Å². The van der Waals surface area contributed by atoms with Gasteiger partial charge in [-0.25, -0.2) is 0 Å². The number of anilines is 1. The third-order valence-electron chi connectivity index (χ3n) is 5.15. The average Bonchev–Trinajstić information content (AvgIpc) is 2.68. The number of hydrogen-bond acceptors (Lipinski definition) is 4. The Hall–Kier alpha value is -2.16. The summed E-state index contributed by atoms with van der Waals surface area (Å²) in [4.78, 5) is 28.8. The number of nitrogens with zero attached hydrogens (tertiary/aromatic N) is 1. The van der Waals surface area contributed by atoms with Gasteiger partial charge in [0.05, 0.1) is 46.9 Å². The molecule has 0 bridgehead atoms. The Morgan fingerprint density at radius 2 is 1.71 bits per heavy atom. The summed E-state index contributed by atoms with van der Waals surface area (Å²) in [5.41, 5.74) is 2.25. The molecular formula is C20H35N5O3+2. The first-order valence-corrected chi connectivity index (χ1v) is 9.93. The van der Waals surface area contributed by atoms with Crippen LogP contribution < -0.4 is 25.3 Å². The zero-order chi connectivity index (χ0) is 20.5. The molecule has 0 aromatic heterocycles. The van der Waals surface area contributed by atoms with Gasteiger partial charge in [-0.3, -0.25) is 9.59 Å². The second-order valence-corrected chi connectivity index (χ2v) is 7.69. The maximum absolute atomic E-state index is 12.2. The molecule has 8 heteroatoms. The molecule has 1 aromatic carbocycles. The standard InChI is InChI=1S/C20H33N5O3/c1-23(2)17-7-5-16(6-8-17)18(24(3)4)15-22-20(27)19(26)21-9-10-25-11-13-28-14-12-25/h5-8,18H,9-15H2,1-4H3,(H,21,26)(H,22,27)/p+2/t18-/m1/s1. The largest absolute Gasteiger partial charge is 0.378 e. The van der Waals surface area contributed by atoms with E-state index in [-0.39, 0.29) is 6.04 Å². The number of rotatable bonds is 8. The highest BCUT2D eigenvalue weighted by molar-refractivity contribution is 6.35. The predicted molar refractivity (Wildman–Crippen MR) is 109 cm³/mol. The van der Waals surface area contributed by atoms with Crippen molar-refractivity contribution in [2.24, 2.45) is 0 Å². The molecule has 1 heterocycles. The fraction of sp³-hybridized carbons (Fsp3) is 0.600. The van der Waals surface area contributed by atoms with Crippen molar-refractivity contribution in [3.63, 3.8) is 0 Å². The number of morpholine rings is 1. The quantitative estimate of drug-likeness (QED) is 0.357. The van der Waals surface area contributed by atoms with Gasteiger partial charge in [0.1, 0.15) is 19.1 Å². The Bertz CT molecular complexity index is 627. The van der Waals surface area contributed by atoms with Gasteiger partial charge in [-0.15, -0.1) is 0 Å². The van der Waals surface area contributed by atoms with Gasteiger partial charge in [0.25, 0.3) is 0 Å². The highest BCUT2D eigenvalue weighted by Gasteiger charge is 2.22. The van der Waals surface area contributed by atoms with Gasteiger partial charge in [-0.2, -0.15) is 0 Å². The molecule has 2 rings (SSSR count). The third kappa shape index (κ3) is 6.78. The minimum atomic E-state index is -0.576. The van der Waals surface area contributed by atoms with Crippen molar-refractivity contribution in [3.05, 3.63) is 29.8 Å². The van der Waals surface area contributed by atoms with Gasteiger partial charge in [0, 0.05) is 25.3 Å². The van der Waals surface area contributed by atoms with Crippen LogP contribution >= 0.6 is 0 Å². The molecule has 1 aliphatic heterocycles. The van der Waals surface area contributed by atoms with Crippen molar-refractivity contribution in [2.75, 3.05) is 79.0 Å². The Labute approximate surface area is 167 Å². The van der Waals surface area contributed by atoms with Crippen molar-refractivity contribution in [1.29, 1.82) is 0 Å². The summed E-state index contributed by atoms with van der Waals surface area (Å²) < 4.78 is 5.32. The Balaban J connectivity index is 1.79. The summed E-state index contributed by atoms with van der Waals surface area (Å²) >= 11 is 0. The van der Waals surface area contributed by atoms with E-state index in [0.29, 0.717) is 13.1 Å². The van der Waals surface area contributed by atoms with E-state index in [1.165, 1.54) is 9.80 Å². The van der Waals surface area contributed by atoms with E-state index in [2.05, 4.69) is 34.9 Å². The number of amides is 2. The van der Waals surface area contributed by atoms with E-state index in [0.717, 1.165) is 44.1 Å². The predicted octanol–water partition coefficient (Wildman–Crippen LogP) is -2.91. The highest BCUT2D eigenvalue weighted by Crippen LogP contribution is 2.15. The first kappa shape index (κ1) is 22.1. The van der Waals surface area contributed by atoms with Crippen molar-refractivity contribution in [3.8, 4) is 0 Å². The van der Waals surface area contributed by atoms with Crippen molar-refractivity contribution in [1.82, 2.24) is 10.6 Å². The Morgan fingerprint density at radius 3 is 2.29 bits per heavy atom. The van der Waals surface area contributed by atoms with Gasteiger partial charge in [0.2, 0.25) is 0 Å². The third-order valence-corrected chi connectivity index (χ3v) is 5.15. The molecule has 0 spiro atoms. The number of carbonyl (C=O) groups excluding carboxylic acids is 2. The molecule has 8 nitrogen and oxygen atoms in total. The van der Waals surface area contributed by atoms with E-state index in [9.17, 15) is 9.59 Å². The lowest BCUT2D eigenvalue weighted by Crippen LogP contribution is -3.14. The zero-order valence-corrected chi connectivity index (χ0v) is 17.5. The van der Waals surface area contributed by atoms with Crippen LogP contribution in [0.15, 0.2) is 24.3 Å². The van der Waals surface area contributed by atoms with Crippen molar-refractivity contribution >= 4 is 17.5 Å². The lowest BCUT2D eigenvalue weighted by molar-refractivity contribution is -0.906. The Morgan fingerprint density at radius 1 is 1.11 bits per heavy atom. The molecule has 1 atom stereocenters. The van der Waals surface area contributed by atoms with E-state index in [4.69, 9.17) is 4.74 Å². The summed E-state index contributed by atoms with van der Waals surface area (Å²) in [5, 5.41) is 5.50. The van der Waals surface area contributed by atoms with Crippen LogP contribution in [0.5, 0.6) is 0 Å². The molecular weight excluding hydrogens is 358 g/mol. The summed E-state index contributed by atoms with van der Waals surface area (Å²) in [5.74, 6) is -1.14. The number of benzene rings is 1. The van der Waals surface area contributed by atoms with Gasteiger partial charge in [-0.1, -0.05) is 12.1 Å². The maximum Gasteiger partial charge on any atom is 0.309 e. The van der Waals surface area contributed by atoms with E-state index in [1.807, 2.05) is 33.1 Å². The van der Waals surface area contributed by atoms with Gasteiger partial charge in [-0.05, 0) is 12.1 Å². The second kappa shape index (κ2) is 11.0. The molecule has 4 N–H and O–H groups in total. The van der Waals surface area contributed by atoms with Crippen molar-refractivity contribution < 1.29 is 24.1 Å². The normalized spacial score (nSPS) is 15.9. The van der Waals surface area contributed by atoms with Crippen LogP contribution in [0, 0.1) is 0 Å². The second-order valence-electron chi connectivity index (χ2n) is 7.69. The van der Waals surface area contributed by atoms with Crippen LogP contribution in [0.3, 0.4) is 0 Å². The van der Waals surface area contributed by atoms with E-state index in [1.54, 1.807) is 0 Å². The molecule has 0 saturated carbocycles. The van der Waals surface area contributed by atoms with E-state index < -0.39 is 11.8 Å². The number of nitrogens with one attached hydrogen (secondary N) is 4. The minimum absolute atomic E-state index is 0.0748. The molecule has 28 heavy (non-hydrogen) atoms. The molecule has 1 saturated heterocycles. The number of likely N-dealkylation sites (N-methyl/N-ethyl adjacent to an activating group) is 1. The topological polar surface area (TPSA) is 79.6 Å². The summed E-state index contributed by atoms with van der Waals surface area (Å²) in [7, 11) is 8.09. The van der Waals surface area contributed by atoms with Crippen LogP contribution in [-0.4, -0.2) is 85.9 Å². The summed E-state index contributed by atoms with van der Waals surface area (Å²) in [6.07, 6.45) is 0. The van der Waals surface area contributed by atoms with Crippen LogP contribution in [0.2, 0.25) is 0 Å². The van der Waals surface area contributed by atoms with Gasteiger partial charge >= 0.3 is 11.8 Å². The number of hydrogen-bond donors (Lipinski definition) is 4. The first-order chi connectivity index (χ1) is 13.4. The smallest absolute Gasteiger partial charge is 0.309 e. The molecule has 1 fully saturated rings. The summed E-state index contributed by atoms with van der Waals surface area (Å²) in [6.45, 7) is 5.12. The lowest BCUT2D eigenvalue weighted by Gasteiger charge is -2.24. The van der Waals surface area contributed by atoms with E-state index >= 15 is 0 Å². The van der Waals surface area contributed by atoms with Crippen molar-refractivity contribution in [2.45, 2.75) is 6.04 Å². The summed E-state index contributed by atoms with van der Waals surface area (Å²) in [6, 6.07) is 8.35. The van der Waals surface area contributed by atoms with Crippen LogP contribution in [0.25, 0.3) is 0 Å². The maximum atomic E-state index is 12.2. The van der Waals surface area contributed by atoms with Crippen LogP contribution in [-0.2, 0) is 14.3 Å². The molecule has 1 aromatic rings. The number of carbonyl (C=O) groups is 2. The fourth-order valence-electron chi connectivity index (χ4n) is 3.28. The lowest BCUT2D eigenvalue weighted by atomic mass is 10.1. The number of ether oxygens (including phenoxy) is 1. The Kier molecular flexibility index (Phi) is 8.69. The molecule has 1 aliphatic rings. The minimum Gasteiger partial charge on any atom is -0.378 e. The number of quaternary nitrogens is 2. The molecule has 0 unspecified atom stereocenters. The van der Waals surface area contributed by atoms with Gasteiger partial charge < -0.3 is 30.1 Å². The first-order valence-electron chi connectivity index (χ1n) is 9.93. The monoisotopic (exact) mass is 393 g/mol.